The van der Waals surface area contributed by atoms with Crippen molar-refractivity contribution >= 4 is 5.69 Å². The van der Waals surface area contributed by atoms with Gasteiger partial charge in [-0.25, -0.2) is 0 Å². The van der Waals surface area contributed by atoms with Crippen LogP contribution in [0.2, 0.25) is 0 Å². The zero-order chi connectivity index (χ0) is 9.10. The Morgan fingerprint density at radius 1 is 1.15 bits per heavy atom. The summed E-state index contributed by atoms with van der Waals surface area (Å²) in [5.41, 5.74) is 7.94. The highest BCUT2D eigenvalue weighted by atomic mass is 14.7. The van der Waals surface area contributed by atoms with E-state index in [0.717, 1.165) is 11.3 Å². The number of nitrogen functional groups attached to an aromatic ring is 1. The number of hydrogen-bond acceptors (Lipinski definition) is 3. The zero-order valence-electron chi connectivity index (χ0n) is 6.94. The summed E-state index contributed by atoms with van der Waals surface area (Å²) in [6.07, 6.45) is 6.07. The first-order valence-electron chi connectivity index (χ1n) is 3.91. The van der Waals surface area contributed by atoms with Crippen molar-refractivity contribution in [3.8, 4) is 11.3 Å². The van der Waals surface area contributed by atoms with E-state index in [2.05, 4.69) is 16.2 Å². The van der Waals surface area contributed by atoms with Crippen molar-refractivity contribution in [3.63, 3.8) is 0 Å². The second-order valence-electron chi connectivity index (χ2n) is 2.60. The number of nitrogens with two attached hydrogens (primary N) is 1. The molecule has 0 saturated carbocycles. The summed E-state index contributed by atoms with van der Waals surface area (Å²) in [6, 6.07) is 7.51. The molecule has 0 amide bonds. The van der Waals surface area contributed by atoms with E-state index in [1.54, 1.807) is 12.4 Å². The quantitative estimate of drug-likeness (QED) is 0.706. The van der Waals surface area contributed by atoms with E-state index in [9.17, 15) is 0 Å². The fourth-order valence-corrected chi connectivity index (χ4v) is 1.11. The van der Waals surface area contributed by atoms with Gasteiger partial charge in [0.1, 0.15) is 6.20 Å². The van der Waals surface area contributed by atoms with Gasteiger partial charge >= 0.3 is 0 Å². The third-order valence-corrected chi connectivity index (χ3v) is 1.73. The zero-order valence-corrected chi connectivity index (χ0v) is 6.94. The molecule has 63 valence electrons. The van der Waals surface area contributed by atoms with Crippen LogP contribution in [0.1, 0.15) is 0 Å². The Morgan fingerprint density at radius 2 is 2.08 bits per heavy atom. The molecular formula is C10H8N3. The van der Waals surface area contributed by atoms with Crippen LogP contribution in [0.3, 0.4) is 0 Å². The van der Waals surface area contributed by atoms with Gasteiger partial charge in [0.2, 0.25) is 0 Å². The van der Waals surface area contributed by atoms with Crippen molar-refractivity contribution < 1.29 is 0 Å². The molecule has 0 spiro atoms. The van der Waals surface area contributed by atoms with Crippen LogP contribution in [0.5, 0.6) is 0 Å². The van der Waals surface area contributed by atoms with E-state index >= 15 is 0 Å². The molecule has 0 fully saturated rings. The number of rotatable bonds is 1. The Labute approximate surface area is 76.3 Å². The van der Waals surface area contributed by atoms with Crippen molar-refractivity contribution in [1.82, 2.24) is 9.97 Å². The maximum absolute atomic E-state index is 5.69. The van der Waals surface area contributed by atoms with E-state index in [1.165, 1.54) is 0 Å². The lowest BCUT2D eigenvalue weighted by Gasteiger charge is -2.01. The molecule has 0 unspecified atom stereocenters. The van der Waals surface area contributed by atoms with E-state index in [0.29, 0.717) is 5.69 Å². The molecular weight excluding hydrogens is 162 g/mol. The van der Waals surface area contributed by atoms with Crippen molar-refractivity contribution in [2.45, 2.75) is 0 Å². The lowest BCUT2D eigenvalue weighted by molar-refractivity contribution is 1.28. The van der Waals surface area contributed by atoms with Gasteiger partial charge in [0.15, 0.2) is 0 Å². The van der Waals surface area contributed by atoms with Gasteiger partial charge in [0.25, 0.3) is 0 Å². The van der Waals surface area contributed by atoms with Gasteiger partial charge in [-0.1, -0.05) is 6.07 Å². The number of anilines is 1. The summed E-state index contributed by atoms with van der Waals surface area (Å²) >= 11 is 0. The second-order valence-corrected chi connectivity index (χ2v) is 2.60. The monoisotopic (exact) mass is 170 g/mol. The van der Waals surface area contributed by atoms with Crippen molar-refractivity contribution in [2.75, 3.05) is 5.73 Å². The molecule has 0 saturated heterocycles. The third kappa shape index (κ3) is 1.49. The fraction of sp³-hybridized carbons (Fsp3) is 0. The smallest absolute Gasteiger partial charge is 0.114 e. The number of hydrogen-bond donors (Lipinski definition) is 1. The topological polar surface area (TPSA) is 51.8 Å². The maximum atomic E-state index is 5.69. The number of pyridine rings is 2. The molecule has 2 rings (SSSR count). The van der Waals surface area contributed by atoms with Gasteiger partial charge in [-0.05, 0) is 18.2 Å². The predicted molar refractivity (Wildman–Crippen MR) is 50.7 cm³/mol. The Bertz CT molecular complexity index is 398. The first-order valence-corrected chi connectivity index (χ1v) is 3.91. The molecule has 0 bridgehead atoms. The summed E-state index contributed by atoms with van der Waals surface area (Å²) in [7, 11) is 0. The Kier molecular flexibility index (Phi) is 1.92. The average molecular weight is 170 g/mol. The van der Waals surface area contributed by atoms with E-state index in [-0.39, 0.29) is 0 Å². The Morgan fingerprint density at radius 3 is 2.77 bits per heavy atom. The summed E-state index contributed by atoms with van der Waals surface area (Å²) < 4.78 is 0. The highest BCUT2D eigenvalue weighted by Crippen LogP contribution is 2.20. The molecule has 2 aromatic heterocycles. The molecule has 1 radical (unpaired) electrons. The molecule has 0 aliphatic rings. The summed E-state index contributed by atoms with van der Waals surface area (Å²) in [6.45, 7) is 0. The first-order chi connectivity index (χ1) is 6.38. The normalized spacial score (nSPS) is 9.85. The van der Waals surface area contributed by atoms with E-state index in [1.807, 2.05) is 24.3 Å². The fourth-order valence-electron chi connectivity index (χ4n) is 1.11. The summed E-state index contributed by atoms with van der Waals surface area (Å²) in [4.78, 5) is 7.97. The van der Waals surface area contributed by atoms with Gasteiger partial charge in [0, 0.05) is 18.0 Å². The number of aromatic nitrogens is 2. The van der Waals surface area contributed by atoms with E-state index in [4.69, 9.17) is 5.73 Å². The molecule has 0 aliphatic carbocycles. The minimum atomic E-state index is 0.529. The number of nitrogens with zero attached hydrogens (tertiary/aromatic N) is 2. The van der Waals surface area contributed by atoms with Crippen LogP contribution in [-0.4, -0.2) is 9.97 Å². The van der Waals surface area contributed by atoms with Crippen LogP contribution in [0.4, 0.5) is 5.69 Å². The minimum Gasteiger partial charge on any atom is -0.396 e. The highest BCUT2D eigenvalue weighted by Gasteiger charge is 2.01. The molecule has 0 aromatic carbocycles. The molecule has 3 heteroatoms. The highest BCUT2D eigenvalue weighted by molar-refractivity contribution is 5.71. The van der Waals surface area contributed by atoms with Crippen LogP contribution >= 0.6 is 0 Å². The largest absolute Gasteiger partial charge is 0.396 e. The van der Waals surface area contributed by atoms with Crippen molar-refractivity contribution in [3.05, 3.63) is 42.9 Å². The molecule has 2 N–H and O–H groups in total. The van der Waals surface area contributed by atoms with Crippen LogP contribution in [0.25, 0.3) is 11.3 Å². The Balaban J connectivity index is 2.54. The van der Waals surface area contributed by atoms with Gasteiger partial charge in [0.05, 0.1) is 11.4 Å². The molecule has 0 atom stereocenters. The van der Waals surface area contributed by atoms with Gasteiger partial charge in [-0.15, -0.1) is 0 Å². The standard InChI is InChI=1S/C10H8N3/c11-9-7-12-6-4-8(9)10-3-1-2-5-13-10/h1-6H,11H2. The van der Waals surface area contributed by atoms with Crippen molar-refractivity contribution in [1.29, 1.82) is 0 Å². The maximum Gasteiger partial charge on any atom is 0.114 e. The Hall–Kier alpha value is -1.90. The lowest BCUT2D eigenvalue weighted by atomic mass is 10.1. The third-order valence-electron chi connectivity index (χ3n) is 1.73. The van der Waals surface area contributed by atoms with Crippen LogP contribution < -0.4 is 5.73 Å². The molecule has 3 nitrogen and oxygen atoms in total. The first kappa shape index (κ1) is 7.73. The molecule has 2 heterocycles. The van der Waals surface area contributed by atoms with Crippen LogP contribution in [0.15, 0.2) is 36.7 Å². The predicted octanol–water partition coefficient (Wildman–Crippen LogP) is 1.53. The SMILES string of the molecule is Nc1[c]nccc1-c1ccccn1. The van der Waals surface area contributed by atoms with Crippen molar-refractivity contribution in [2.24, 2.45) is 0 Å². The van der Waals surface area contributed by atoms with Crippen LogP contribution in [-0.2, 0) is 0 Å². The van der Waals surface area contributed by atoms with Gasteiger partial charge in [-0.2, -0.15) is 0 Å². The van der Waals surface area contributed by atoms with E-state index < -0.39 is 0 Å². The lowest BCUT2D eigenvalue weighted by Crippen LogP contribution is -1.92. The molecule has 13 heavy (non-hydrogen) atoms. The minimum absolute atomic E-state index is 0.529. The second kappa shape index (κ2) is 3.23. The summed E-state index contributed by atoms with van der Waals surface area (Å²) in [5.74, 6) is 0. The summed E-state index contributed by atoms with van der Waals surface area (Å²) in [5, 5.41) is 0. The molecule has 0 aliphatic heterocycles. The average Bonchev–Trinajstić information content (AvgIpc) is 2.20. The molecule has 2 aromatic rings. The van der Waals surface area contributed by atoms with Crippen LogP contribution in [0, 0.1) is 6.20 Å². The van der Waals surface area contributed by atoms with Gasteiger partial charge in [-0.3, -0.25) is 9.97 Å². The van der Waals surface area contributed by atoms with Gasteiger partial charge < -0.3 is 5.73 Å².